The summed E-state index contributed by atoms with van der Waals surface area (Å²) < 4.78 is 5.52. The lowest BCUT2D eigenvalue weighted by Gasteiger charge is -2.16. The van der Waals surface area contributed by atoms with E-state index in [2.05, 4.69) is 34.9 Å². The molecule has 0 fully saturated rings. The lowest BCUT2D eigenvalue weighted by atomic mass is 9.98. The third-order valence-electron chi connectivity index (χ3n) is 6.12. The number of carbonyl (C=O) groups is 3. The molecular weight excluding hydrogens is 432 g/mol. The molecule has 0 unspecified atom stereocenters. The number of nitrogens with one attached hydrogen (secondary N) is 2. The molecule has 0 saturated carbocycles. The summed E-state index contributed by atoms with van der Waals surface area (Å²) in [4.78, 5) is 35.1. The van der Waals surface area contributed by atoms with E-state index >= 15 is 0 Å². The average molecular weight is 467 g/mol. The van der Waals surface area contributed by atoms with Gasteiger partial charge in [-0.2, -0.15) is 0 Å². The first-order chi connectivity index (χ1) is 16.5. The van der Waals surface area contributed by atoms with Crippen molar-refractivity contribution in [1.29, 1.82) is 0 Å². The zero-order valence-electron chi connectivity index (χ0n) is 19.7. The molecular formula is C27H34N2O5. The lowest BCUT2D eigenvalue weighted by molar-refractivity contribution is -0.137. The van der Waals surface area contributed by atoms with Crippen LogP contribution in [0.15, 0.2) is 48.5 Å². The number of carboxylic acids is 1. The first-order valence-electron chi connectivity index (χ1n) is 12.1. The molecule has 182 valence electrons. The Labute approximate surface area is 200 Å². The van der Waals surface area contributed by atoms with Crippen molar-refractivity contribution in [3.8, 4) is 11.1 Å². The number of amides is 2. The van der Waals surface area contributed by atoms with Crippen molar-refractivity contribution in [2.45, 2.75) is 63.8 Å². The van der Waals surface area contributed by atoms with Gasteiger partial charge in [0, 0.05) is 24.9 Å². The largest absolute Gasteiger partial charge is 0.481 e. The molecule has 1 aliphatic carbocycles. The number of hydrogen-bond acceptors (Lipinski definition) is 4. The number of carboxylic acid groups (broad SMARTS) is 1. The predicted molar refractivity (Wildman–Crippen MR) is 131 cm³/mol. The fourth-order valence-corrected chi connectivity index (χ4v) is 4.51. The number of ether oxygens (including phenoxy) is 1. The van der Waals surface area contributed by atoms with Gasteiger partial charge >= 0.3 is 12.1 Å². The molecule has 2 amide bonds. The molecule has 34 heavy (non-hydrogen) atoms. The SMILES string of the molecule is CCC[C@@H](CC(=O)O)NC(=O)CCCCCNC(=O)OCC1c2ccccc2-c2ccccc21. The van der Waals surface area contributed by atoms with Crippen molar-refractivity contribution >= 4 is 18.0 Å². The highest BCUT2D eigenvalue weighted by atomic mass is 16.5. The fraction of sp³-hybridized carbons (Fsp3) is 0.444. The Hall–Kier alpha value is -3.35. The van der Waals surface area contributed by atoms with E-state index in [4.69, 9.17) is 9.84 Å². The second-order valence-electron chi connectivity index (χ2n) is 8.71. The summed E-state index contributed by atoms with van der Waals surface area (Å²) >= 11 is 0. The Morgan fingerprint density at radius 3 is 2.24 bits per heavy atom. The molecule has 1 aliphatic rings. The second-order valence-corrected chi connectivity index (χ2v) is 8.71. The standard InChI is InChI=1S/C27H34N2O5/c1-2-10-19(17-26(31)32)29-25(30)15-4-3-9-16-28-27(33)34-18-24-22-13-7-5-11-20(22)21-12-6-8-14-23(21)24/h5-8,11-14,19,24H,2-4,9-10,15-18H2,1H3,(H,28,33)(H,29,30)(H,31,32)/t19-/m0/s1. The molecule has 0 aliphatic heterocycles. The van der Waals surface area contributed by atoms with Crippen LogP contribution in [0.1, 0.15) is 68.9 Å². The van der Waals surface area contributed by atoms with Crippen LogP contribution in [0.5, 0.6) is 0 Å². The van der Waals surface area contributed by atoms with E-state index in [1.807, 2.05) is 31.2 Å². The minimum atomic E-state index is -0.905. The Balaban J connectivity index is 1.32. The minimum absolute atomic E-state index is 0.0364. The molecule has 0 radical (unpaired) electrons. The van der Waals surface area contributed by atoms with Crippen LogP contribution in [0.4, 0.5) is 4.79 Å². The summed E-state index contributed by atoms with van der Waals surface area (Å²) in [6, 6.07) is 16.1. The number of hydrogen-bond donors (Lipinski definition) is 3. The van der Waals surface area contributed by atoms with Crippen LogP contribution in [0.3, 0.4) is 0 Å². The molecule has 7 nitrogen and oxygen atoms in total. The van der Waals surface area contributed by atoms with Crippen molar-refractivity contribution in [2.24, 2.45) is 0 Å². The van der Waals surface area contributed by atoms with Crippen LogP contribution in [0, 0.1) is 0 Å². The molecule has 3 rings (SSSR count). The first-order valence-corrected chi connectivity index (χ1v) is 12.1. The van der Waals surface area contributed by atoms with Gasteiger partial charge in [0.1, 0.15) is 6.61 Å². The quantitative estimate of drug-likeness (QED) is 0.366. The van der Waals surface area contributed by atoms with Gasteiger partial charge in [0.15, 0.2) is 0 Å². The zero-order chi connectivity index (χ0) is 24.3. The third-order valence-corrected chi connectivity index (χ3v) is 6.12. The summed E-state index contributed by atoms with van der Waals surface area (Å²) in [5.74, 6) is -0.989. The maximum atomic E-state index is 12.2. The number of alkyl carbamates (subject to hydrolysis) is 1. The highest BCUT2D eigenvalue weighted by Crippen LogP contribution is 2.44. The molecule has 2 aromatic rings. The fourth-order valence-electron chi connectivity index (χ4n) is 4.51. The van der Waals surface area contributed by atoms with Gasteiger partial charge < -0.3 is 20.5 Å². The van der Waals surface area contributed by atoms with Gasteiger partial charge in [-0.3, -0.25) is 9.59 Å². The van der Waals surface area contributed by atoms with E-state index in [0.717, 1.165) is 19.3 Å². The van der Waals surface area contributed by atoms with Crippen LogP contribution in [0.25, 0.3) is 11.1 Å². The van der Waals surface area contributed by atoms with Gasteiger partial charge in [0.25, 0.3) is 0 Å². The zero-order valence-corrected chi connectivity index (χ0v) is 19.7. The van der Waals surface area contributed by atoms with Crippen LogP contribution in [0.2, 0.25) is 0 Å². The van der Waals surface area contributed by atoms with Crippen molar-refractivity contribution in [3.63, 3.8) is 0 Å². The monoisotopic (exact) mass is 466 g/mol. The maximum Gasteiger partial charge on any atom is 0.407 e. The number of unbranched alkanes of at least 4 members (excludes halogenated alkanes) is 2. The van der Waals surface area contributed by atoms with Crippen molar-refractivity contribution in [1.82, 2.24) is 10.6 Å². The van der Waals surface area contributed by atoms with Crippen LogP contribution < -0.4 is 10.6 Å². The number of benzene rings is 2. The summed E-state index contributed by atoms with van der Waals surface area (Å²) in [7, 11) is 0. The molecule has 0 aromatic heterocycles. The Bertz CT molecular complexity index is 945. The van der Waals surface area contributed by atoms with Crippen LogP contribution in [-0.2, 0) is 14.3 Å². The predicted octanol–water partition coefficient (Wildman–Crippen LogP) is 4.85. The summed E-state index contributed by atoms with van der Waals surface area (Å²) in [6.07, 6.45) is 3.55. The number of fused-ring (bicyclic) bond motifs is 3. The molecule has 1 atom stereocenters. The van der Waals surface area contributed by atoms with Crippen molar-refractivity contribution in [2.75, 3.05) is 13.2 Å². The Morgan fingerprint density at radius 2 is 1.62 bits per heavy atom. The van der Waals surface area contributed by atoms with Crippen LogP contribution in [-0.4, -0.2) is 42.3 Å². The molecule has 3 N–H and O–H groups in total. The van der Waals surface area contributed by atoms with Crippen LogP contribution >= 0.6 is 0 Å². The van der Waals surface area contributed by atoms with Gasteiger partial charge in [-0.15, -0.1) is 0 Å². The van der Waals surface area contributed by atoms with Gasteiger partial charge in [-0.1, -0.05) is 68.3 Å². The van der Waals surface area contributed by atoms with E-state index in [-0.39, 0.29) is 30.9 Å². The summed E-state index contributed by atoms with van der Waals surface area (Å²) in [5, 5.41) is 14.5. The minimum Gasteiger partial charge on any atom is -0.481 e. The second kappa shape index (κ2) is 12.8. The van der Waals surface area contributed by atoms with E-state index in [1.165, 1.54) is 22.3 Å². The summed E-state index contributed by atoms with van der Waals surface area (Å²) in [6.45, 7) is 2.73. The smallest absolute Gasteiger partial charge is 0.407 e. The van der Waals surface area contributed by atoms with E-state index in [9.17, 15) is 14.4 Å². The van der Waals surface area contributed by atoms with Gasteiger partial charge in [-0.05, 0) is 41.5 Å². The highest BCUT2D eigenvalue weighted by Gasteiger charge is 2.28. The molecule has 2 aromatic carbocycles. The average Bonchev–Trinajstić information content (AvgIpc) is 3.13. The van der Waals surface area contributed by atoms with Crippen molar-refractivity contribution in [3.05, 3.63) is 59.7 Å². The summed E-state index contributed by atoms with van der Waals surface area (Å²) in [5.41, 5.74) is 4.75. The molecule has 0 bridgehead atoms. The molecule has 0 saturated heterocycles. The van der Waals surface area contributed by atoms with Gasteiger partial charge in [-0.25, -0.2) is 4.79 Å². The van der Waals surface area contributed by atoms with E-state index in [0.29, 0.717) is 25.8 Å². The van der Waals surface area contributed by atoms with Crippen molar-refractivity contribution < 1.29 is 24.2 Å². The Kier molecular flexibility index (Phi) is 9.50. The van der Waals surface area contributed by atoms with E-state index in [1.54, 1.807) is 0 Å². The van der Waals surface area contributed by atoms with Gasteiger partial charge in [0.05, 0.1) is 6.42 Å². The highest BCUT2D eigenvalue weighted by molar-refractivity contribution is 5.79. The first kappa shape index (κ1) is 25.3. The maximum absolute atomic E-state index is 12.2. The topological polar surface area (TPSA) is 105 Å². The third kappa shape index (κ3) is 7.07. The normalized spacial score (nSPS) is 13.0. The molecule has 0 heterocycles. The van der Waals surface area contributed by atoms with E-state index < -0.39 is 12.1 Å². The lowest BCUT2D eigenvalue weighted by Crippen LogP contribution is -2.36. The van der Waals surface area contributed by atoms with Gasteiger partial charge in [0.2, 0.25) is 5.91 Å². The number of rotatable bonds is 13. The molecule has 7 heteroatoms. The Morgan fingerprint density at radius 1 is 0.971 bits per heavy atom. The number of aliphatic carboxylic acids is 1. The molecule has 0 spiro atoms. The number of carbonyl (C=O) groups excluding carboxylic acids is 2.